The number of aromatic hydroxyl groups is 1. The van der Waals surface area contributed by atoms with Crippen molar-refractivity contribution in [3.8, 4) is 11.8 Å². The van der Waals surface area contributed by atoms with Gasteiger partial charge in [-0.1, -0.05) is 42.5 Å². The number of benzene rings is 3. The molecule has 0 saturated carbocycles. The number of hydrogen-bond donors (Lipinski definition) is 4. The molecule has 3 rings (SSSR count). The van der Waals surface area contributed by atoms with Gasteiger partial charge in [-0.05, 0) is 72.3 Å². The fourth-order valence-corrected chi connectivity index (χ4v) is 3.77. The van der Waals surface area contributed by atoms with Crippen LogP contribution in [-0.4, -0.2) is 35.0 Å². The highest BCUT2D eigenvalue weighted by atomic mass is 16.5. The Bertz CT molecular complexity index is 1090. The highest BCUT2D eigenvalue weighted by molar-refractivity contribution is 5.36. The predicted octanol–water partition coefficient (Wildman–Crippen LogP) is 3.77. The van der Waals surface area contributed by atoms with E-state index in [0.717, 1.165) is 30.4 Å². The number of nitrogens with one attached hydrogen (secondary N) is 1. The number of nitriles is 1. The minimum absolute atomic E-state index is 0.0284. The molecule has 0 amide bonds. The third kappa shape index (κ3) is 7.98. The molecule has 0 spiro atoms. The van der Waals surface area contributed by atoms with Crippen molar-refractivity contribution in [3.63, 3.8) is 0 Å². The number of aliphatic hydroxyl groups is 2. The molecule has 6 heteroatoms. The van der Waals surface area contributed by atoms with Crippen LogP contribution < -0.4 is 5.32 Å². The molecule has 178 valence electrons. The Balaban J connectivity index is 1.35. The molecule has 1 atom stereocenters. The Labute approximate surface area is 201 Å². The van der Waals surface area contributed by atoms with E-state index in [0.29, 0.717) is 43.0 Å². The molecule has 0 aliphatic rings. The molecule has 4 N–H and O–H groups in total. The van der Waals surface area contributed by atoms with Crippen LogP contribution >= 0.6 is 0 Å². The SMILES string of the molecule is N#Cc1cccc(CCCOCc2cccc(CCNC[C@H](O)c3ccc(O)c(CO)c3)c2)c1. The van der Waals surface area contributed by atoms with Crippen LogP contribution in [0.15, 0.2) is 66.7 Å². The normalized spacial score (nSPS) is 11.8. The number of ether oxygens (including phenoxy) is 1. The Morgan fingerprint density at radius 3 is 2.50 bits per heavy atom. The molecule has 0 bridgehead atoms. The lowest BCUT2D eigenvalue weighted by Crippen LogP contribution is -2.23. The van der Waals surface area contributed by atoms with Crippen LogP contribution in [0.25, 0.3) is 0 Å². The zero-order chi connectivity index (χ0) is 24.2. The quantitative estimate of drug-likeness (QED) is 0.289. The van der Waals surface area contributed by atoms with Gasteiger partial charge in [-0.15, -0.1) is 0 Å². The second kappa shape index (κ2) is 13.5. The number of phenols is 1. The second-order valence-corrected chi connectivity index (χ2v) is 8.30. The molecule has 0 saturated heterocycles. The van der Waals surface area contributed by atoms with E-state index in [9.17, 15) is 15.3 Å². The van der Waals surface area contributed by atoms with Crippen molar-refractivity contribution < 1.29 is 20.1 Å². The summed E-state index contributed by atoms with van der Waals surface area (Å²) in [6.07, 6.45) is 1.90. The molecular formula is C28H32N2O4. The van der Waals surface area contributed by atoms with E-state index in [1.807, 2.05) is 30.3 Å². The summed E-state index contributed by atoms with van der Waals surface area (Å²) >= 11 is 0. The van der Waals surface area contributed by atoms with Gasteiger partial charge in [-0.3, -0.25) is 0 Å². The lowest BCUT2D eigenvalue weighted by molar-refractivity contribution is 0.118. The lowest BCUT2D eigenvalue weighted by atomic mass is 10.0. The number of aryl methyl sites for hydroxylation is 1. The fourth-order valence-electron chi connectivity index (χ4n) is 3.77. The average Bonchev–Trinajstić information content (AvgIpc) is 2.87. The molecular weight excluding hydrogens is 428 g/mol. The predicted molar refractivity (Wildman–Crippen MR) is 131 cm³/mol. The highest BCUT2D eigenvalue weighted by Gasteiger charge is 2.10. The van der Waals surface area contributed by atoms with E-state index in [2.05, 4.69) is 29.6 Å². The number of aliphatic hydroxyl groups excluding tert-OH is 2. The summed E-state index contributed by atoms with van der Waals surface area (Å²) in [6.45, 7) is 2.06. The van der Waals surface area contributed by atoms with Gasteiger partial charge in [0.2, 0.25) is 0 Å². The molecule has 0 fully saturated rings. The monoisotopic (exact) mass is 460 g/mol. The standard InChI is InChI=1S/C28H32N2O4/c29-17-23-6-1-4-21(14-23)8-3-13-34-20-24-7-2-5-22(15-24)11-12-30-18-28(33)25-9-10-27(32)26(16-25)19-31/h1-2,4-7,9-10,14-16,28,30-33H,3,8,11-13,18-20H2/t28-/m0/s1. The van der Waals surface area contributed by atoms with E-state index in [1.165, 1.54) is 11.6 Å². The summed E-state index contributed by atoms with van der Waals surface area (Å²) in [5.41, 5.74) is 5.24. The Kier molecular flexibility index (Phi) is 10.1. The number of hydrogen-bond acceptors (Lipinski definition) is 6. The topological polar surface area (TPSA) is 106 Å². The highest BCUT2D eigenvalue weighted by Crippen LogP contribution is 2.22. The van der Waals surface area contributed by atoms with Gasteiger partial charge in [0.05, 0.1) is 31.0 Å². The van der Waals surface area contributed by atoms with Crippen LogP contribution in [0.4, 0.5) is 0 Å². The van der Waals surface area contributed by atoms with Crippen molar-refractivity contribution in [2.45, 2.75) is 38.6 Å². The van der Waals surface area contributed by atoms with Gasteiger partial charge in [-0.25, -0.2) is 0 Å². The smallest absolute Gasteiger partial charge is 0.121 e. The van der Waals surface area contributed by atoms with Crippen LogP contribution in [0.5, 0.6) is 5.75 Å². The molecule has 0 radical (unpaired) electrons. The summed E-state index contributed by atoms with van der Waals surface area (Å²) < 4.78 is 5.84. The van der Waals surface area contributed by atoms with Gasteiger partial charge in [-0.2, -0.15) is 5.26 Å². The minimum Gasteiger partial charge on any atom is -0.508 e. The van der Waals surface area contributed by atoms with Crippen molar-refractivity contribution >= 4 is 0 Å². The van der Waals surface area contributed by atoms with Gasteiger partial charge < -0.3 is 25.4 Å². The molecule has 0 heterocycles. The van der Waals surface area contributed by atoms with Gasteiger partial charge in [0.1, 0.15) is 5.75 Å². The maximum absolute atomic E-state index is 10.4. The summed E-state index contributed by atoms with van der Waals surface area (Å²) in [5.74, 6) is 0.0284. The number of rotatable bonds is 13. The minimum atomic E-state index is -0.715. The van der Waals surface area contributed by atoms with Crippen molar-refractivity contribution in [2.75, 3.05) is 19.7 Å². The molecule has 6 nitrogen and oxygen atoms in total. The molecule has 3 aromatic carbocycles. The van der Waals surface area contributed by atoms with E-state index in [1.54, 1.807) is 12.1 Å². The van der Waals surface area contributed by atoms with Crippen LogP contribution in [0.3, 0.4) is 0 Å². The zero-order valence-electron chi connectivity index (χ0n) is 19.3. The Morgan fingerprint density at radius 1 is 0.941 bits per heavy atom. The fraction of sp³-hybridized carbons (Fsp3) is 0.321. The van der Waals surface area contributed by atoms with Crippen LogP contribution in [0, 0.1) is 11.3 Å². The van der Waals surface area contributed by atoms with Crippen molar-refractivity contribution in [3.05, 3.63) is 100 Å². The summed E-state index contributed by atoms with van der Waals surface area (Å²) in [4.78, 5) is 0. The maximum atomic E-state index is 10.4. The Hall–Kier alpha value is -3.21. The van der Waals surface area contributed by atoms with E-state index >= 15 is 0 Å². The molecule has 3 aromatic rings. The molecule has 0 aliphatic carbocycles. The van der Waals surface area contributed by atoms with Gasteiger partial charge in [0.25, 0.3) is 0 Å². The van der Waals surface area contributed by atoms with Crippen molar-refractivity contribution in [1.29, 1.82) is 5.26 Å². The molecule has 0 aromatic heterocycles. The first kappa shape index (κ1) is 25.4. The van der Waals surface area contributed by atoms with Gasteiger partial charge in [0, 0.05) is 18.7 Å². The first-order valence-corrected chi connectivity index (χ1v) is 11.5. The average molecular weight is 461 g/mol. The maximum Gasteiger partial charge on any atom is 0.121 e. The summed E-state index contributed by atoms with van der Waals surface area (Å²) in [7, 11) is 0. The van der Waals surface area contributed by atoms with Crippen LogP contribution in [0.2, 0.25) is 0 Å². The van der Waals surface area contributed by atoms with Gasteiger partial charge in [0.15, 0.2) is 0 Å². The van der Waals surface area contributed by atoms with E-state index in [4.69, 9.17) is 10.00 Å². The second-order valence-electron chi connectivity index (χ2n) is 8.30. The van der Waals surface area contributed by atoms with Crippen molar-refractivity contribution in [1.82, 2.24) is 5.32 Å². The van der Waals surface area contributed by atoms with E-state index in [-0.39, 0.29) is 12.4 Å². The molecule has 0 unspecified atom stereocenters. The third-order valence-electron chi connectivity index (χ3n) is 5.66. The van der Waals surface area contributed by atoms with Gasteiger partial charge >= 0.3 is 0 Å². The zero-order valence-corrected chi connectivity index (χ0v) is 19.3. The summed E-state index contributed by atoms with van der Waals surface area (Å²) in [6, 6.07) is 22.9. The Morgan fingerprint density at radius 2 is 1.71 bits per heavy atom. The third-order valence-corrected chi connectivity index (χ3v) is 5.66. The lowest BCUT2D eigenvalue weighted by Gasteiger charge is -2.14. The molecule has 0 aliphatic heterocycles. The largest absolute Gasteiger partial charge is 0.508 e. The van der Waals surface area contributed by atoms with Crippen molar-refractivity contribution in [2.24, 2.45) is 0 Å². The van der Waals surface area contributed by atoms with E-state index < -0.39 is 6.10 Å². The summed E-state index contributed by atoms with van der Waals surface area (Å²) in [5, 5.41) is 41.5. The first-order valence-electron chi connectivity index (χ1n) is 11.5. The molecule has 34 heavy (non-hydrogen) atoms. The van der Waals surface area contributed by atoms with Crippen LogP contribution in [0.1, 0.15) is 45.9 Å². The number of nitrogens with zero attached hydrogens (tertiary/aromatic N) is 1. The van der Waals surface area contributed by atoms with Crippen LogP contribution in [-0.2, 0) is 30.8 Å². The first-order chi connectivity index (χ1) is 16.6.